The van der Waals surface area contributed by atoms with Crippen LogP contribution in [0.4, 0.5) is 10.5 Å². The Kier molecular flexibility index (Phi) is 9.45. The third kappa shape index (κ3) is 6.56. The van der Waals surface area contributed by atoms with Crippen LogP contribution in [0.25, 0.3) is 11.0 Å². The molecule has 1 aromatic heterocycles. The van der Waals surface area contributed by atoms with E-state index < -0.39 is 22.9 Å². The third-order valence-electron chi connectivity index (χ3n) is 4.59. The second kappa shape index (κ2) is 11.8. The summed E-state index contributed by atoms with van der Waals surface area (Å²) in [5.74, 6) is 0.0940. The van der Waals surface area contributed by atoms with Crippen molar-refractivity contribution >= 4 is 45.5 Å². The van der Waals surface area contributed by atoms with Crippen molar-refractivity contribution in [3.8, 4) is 5.75 Å². The molecule has 1 amide bonds. The molecular weight excluding hydrogens is 466 g/mol. The van der Waals surface area contributed by atoms with Crippen LogP contribution >= 0.6 is 11.6 Å². The first-order valence-electron chi connectivity index (χ1n) is 10.3. The van der Waals surface area contributed by atoms with Gasteiger partial charge in [0.05, 0.1) is 5.02 Å². The zero-order valence-corrected chi connectivity index (χ0v) is 21.0. The lowest BCUT2D eigenvalue weighted by Gasteiger charge is -2.13. The van der Waals surface area contributed by atoms with E-state index >= 15 is 0 Å². The highest BCUT2D eigenvalue weighted by molar-refractivity contribution is 7.83. The average molecular weight is 494 g/mol. The second-order valence-electron chi connectivity index (χ2n) is 6.95. The topological polar surface area (TPSA) is 101 Å². The minimum atomic E-state index is -1.37. The standard InChI is InChI=1S/C21H22ClN3O5S.C2H6/c1-12-15-10-17(22)19(30-21(27)23-2)11-18(15)29-20(26)16(12)9-13-6-5-7-14(8-13)24-31(28)25(3)4;1-2/h5-8,10-11,24H,9H2,1-4H3,(H,23,27);1-2H3. The lowest BCUT2D eigenvalue weighted by atomic mass is 9.99. The summed E-state index contributed by atoms with van der Waals surface area (Å²) in [5, 5.41) is 3.20. The van der Waals surface area contributed by atoms with Crippen molar-refractivity contribution in [2.45, 2.75) is 27.2 Å². The fourth-order valence-corrected chi connectivity index (χ4v) is 3.68. The molecule has 0 saturated heterocycles. The number of aryl methyl sites for hydroxylation is 1. The molecule has 0 saturated carbocycles. The first kappa shape index (κ1) is 26.4. The average Bonchev–Trinajstić information content (AvgIpc) is 2.79. The van der Waals surface area contributed by atoms with Crippen LogP contribution in [0.3, 0.4) is 0 Å². The van der Waals surface area contributed by atoms with Gasteiger partial charge in [0.25, 0.3) is 0 Å². The van der Waals surface area contributed by atoms with E-state index in [0.717, 1.165) is 11.1 Å². The van der Waals surface area contributed by atoms with E-state index in [4.69, 9.17) is 20.8 Å². The summed E-state index contributed by atoms with van der Waals surface area (Å²) in [7, 11) is 4.83. The first-order valence-corrected chi connectivity index (χ1v) is 11.8. The monoisotopic (exact) mass is 493 g/mol. The van der Waals surface area contributed by atoms with E-state index in [1.807, 2.05) is 39.0 Å². The van der Waals surface area contributed by atoms with Crippen LogP contribution in [-0.2, 0) is 17.6 Å². The number of nitrogens with one attached hydrogen (secondary N) is 2. The van der Waals surface area contributed by atoms with Gasteiger partial charge in [-0.2, -0.15) is 0 Å². The number of amides is 1. The molecule has 10 heteroatoms. The van der Waals surface area contributed by atoms with Crippen LogP contribution in [0, 0.1) is 6.92 Å². The number of hydrogen-bond acceptors (Lipinski definition) is 5. The van der Waals surface area contributed by atoms with E-state index in [2.05, 4.69) is 10.0 Å². The predicted octanol–water partition coefficient (Wildman–Crippen LogP) is 4.64. The molecule has 3 aromatic rings. The Bertz CT molecular complexity index is 1230. The van der Waals surface area contributed by atoms with Gasteiger partial charge in [-0.15, -0.1) is 0 Å². The Labute approximate surface area is 200 Å². The Hall–Kier alpha value is -2.88. The number of rotatable bonds is 6. The van der Waals surface area contributed by atoms with Crippen molar-refractivity contribution < 1.29 is 18.2 Å². The van der Waals surface area contributed by atoms with Crippen molar-refractivity contribution in [3.05, 3.63) is 68.5 Å². The second-order valence-corrected chi connectivity index (χ2v) is 8.79. The molecule has 178 valence electrons. The molecule has 0 spiro atoms. The molecule has 1 unspecified atom stereocenters. The van der Waals surface area contributed by atoms with Gasteiger partial charge in [-0.3, -0.25) is 4.72 Å². The fourth-order valence-electron chi connectivity index (χ4n) is 2.96. The number of benzene rings is 2. The van der Waals surface area contributed by atoms with Crippen LogP contribution in [-0.4, -0.2) is 35.8 Å². The largest absolute Gasteiger partial charge is 0.422 e. The van der Waals surface area contributed by atoms with Crippen molar-refractivity contribution in [1.82, 2.24) is 9.62 Å². The molecule has 3 rings (SSSR count). The van der Waals surface area contributed by atoms with Gasteiger partial charge in [-0.1, -0.05) is 37.6 Å². The van der Waals surface area contributed by atoms with Crippen LogP contribution in [0.5, 0.6) is 5.75 Å². The zero-order valence-electron chi connectivity index (χ0n) is 19.4. The summed E-state index contributed by atoms with van der Waals surface area (Å²) < 4.78 is 27.0. The highest BCUT2D eigenvalue weighted by atomic mass is 35.5. The van der Waals surface area contributed by atoms with Crippen LogP contribution in [0.15, 0.2) is 45.6 Å². The first-order chi connectivity index (χ1) is 15.7. The maximum atomic E-state index is 12.7. The summed E-state index contributed by atoms with van der Waals surface area (Å²) in [4.78, 5) is 24.2. The highest BCUT2D eigenvalue weighted by Gasteiger charge is 2.16. The summed E-state index contributed by atoms with van der Waals surface area (Å²) in [6.45, 7) is 5.81. The molecule has 1 heterocycles. The van der Waals surface area contributed by atoms with E-state index in [1.165, 1.54) is 13.1 Å². The molecule has 0 fully saturated rings. The summed E-state index contributed by atoms with van der Waals surface area (Å²) in [6.07, 6.45) is -0.358. The lowest BCUT2D eigenvalue weighted by Crippen LogP contribution is -2.22. The van der Waals surface area contributed by atoms with Gasteiger partial charge < -0.3 is 14.5 Å². The van der Waals surface area contributed by atoms with E-state index in [-0.39, 0.29) is 16.4 Å². The van der Waals surface area contributed by atoms with Crippen LogP contribution in [0.2, 0.25) is 5.02 Å². The van der Waals surface area contributed by atoms with Crippen LogP contribution < -0.4 is 20.4 Å². The van der Waals surface area contributed by atoms with Crippen molar-refractivity contribution in [1.29, 1.82) is 0 Å². The van der Waals surface area contributed by atoms with E-state index in [9.17, 15) is 13.8 Å². The minimum absolute atomic E-state index is 0.0940. The molecule has 0 radical (unpaired) electrons. The summed E-state index contributed by atoms with van der Waals surface area (Å²) in [5.41, 5.74) is 2.50. The maximum absolute atomic E-state index is 12.7. The fraction of sp³-hybridized carbons (Fsp3) is 0.304. The van der Waals surface area contributed by atoms with Gasteiger partial charge in [0.1, 0.15) is 5.58 Å². The highest BCUT2D eigenvalue weighted by Crippen LogP contribution is 2.32. The molecule has 0 bridgehead atoms. The SMILES string of the molecule is CC.CNC(=O)Oc1cc2oc(=O)c(Cc3cccc(NS(=O)N(C)C)c3)c(C)c2cc1Cl. The summed E-state index contributed by atoms with van der Waals surface area (Å²) >= 11 is 4.89. The number of nitrogens with zero attached hydrogens (tertiary/aromatic N) is 1. The molecule has 33 heavy (non-hydrogen) atoms. The van der Waals surface area contributed by atoms with E-state index in [0.29, 0.717) is 23.1 Å². The van der Waals surface area contributed by atoms with Gasteiger partial charge in [-0.05, 0) is 36.2 Å². The Morgan fingerprint density at radius 2 is 1.91 bits per heavy atom. The lowest BCUT2D eigenvalue weighted by molar-refractivity contribution is 0.203. The molecular formula is C23H28ClN3O5S. The molecule has 8 nitrogen and oxygen atoms in total. The molecule has 2 N–H and O–H groups in total. The Morgan fingerprint density at radius 3 is 2.55 bits per heavy atom. The molecule has 1 atom stereocenters. The number of carbonyl (C=O) groups excluding carboxylic acids is 1. The smallest absolute Gasteiger partial charge is 0.412 e. The molecule has 2 aromatic carbocycles. The normalized spacial score (nSPS) is 11.5. The van der Waals surface area contributed by atoms with Crippen molar-refractivity contribution in [2.75, 3.05) is 25.9 Å². The van der Waals surface area contributed by atoms with Crippen LogP contribution in [0.1, 0.15) is 30.5 Å². The third-order valence-corrected chi connectivity index (χ3v) is 5.96. The van der Waals surface area contributed by atoms with E-state index in [1.54, 1.807) is 30.5 Å². The molecule has 0 aliphatic rings. The minimum Gasteiger partial charge on any atom is -0.422 e. The number of halogens is 1. The Balaban J connectivity index is 0.00000187. The number of hydrogen-bond donors (Lipinski definition) is 2. The zero-order chi connectivity index (χ0) is 24.7. The molecule has 0 aliphatic heterocycles. The van der Waals surface area contributed by atoms with Gasteiger partial charge >= 0.3 is 11.7 Å². The summed E-state index contributed by atoms with van der Waals surface area (Å²) in [6, 6.07) is 10.4. The Morgan fingerprint density at radius 1 is 1.21 bits per heavy atom. The quantitative estimate of drug-likeness (QED) is 0.487. The number of anilines is 1. The van der Waals surface area contributed by atoms with Gasteiger partial charge in [0, 0.05) is 50.3 Å². The number of fused-ring (bicyclic) bond motifs is 1. The number of carbonyl (C=O) groups is 1. The maximum Gasteiger partial charge on any atom is 0.412 e. The van der Waals surface area contributed by atoms with Crippen molar-refractivity contribution in [2.24, 2.45) is 0 Å². The van der Waals surface area contributed by atoms with Gasteiger partial charge in [0.15, 0.2) is 16.9 Å². The predicted molar refractivity (Wildman–Crippen MR) is 133 cm³/mol. The van der Waals surface area contributed by atoms with Gasteiger partial charge in [0.2, 0.25) is 0 Å². The van der Waals surface area contributed by atoms with Gasteiger partial charge in [-0.25, -0.2) is 18.1 Å². The van der Waals surface area contributed by atoms with Crippen molar-refractivity contribution in [3.63, 3.8) is 0 Å². The number of ether oxygens (including phenoxy) is 1. The molecule has 0 aliphatic carbocycles.